The summed E-state index contributed by atoms with van der Waals surface area (Å²) in [5.74, 6) is 3.40. The van der Waals surface area contributed by atoms with Gasteiger partial charge in [-0.1, -0.05) is 24.3 Å². The Bertz CT molecular complexity index is 1010. The summed E-state index contributed by atoms with van der Waals surface area (Å²) in [4.78, 5) is 11.6. The number of ether oxygens (including phenoxy) is 1. The molecular formula is C27H37N5O. The first-order valence-electron chi connectivity index (χ1n) is 12.2. The van der Waals surface area contributed by atoms with Gasteiger partial charge in [0.1, 0.15) is 11.6 Å². The highest BCUT2D eigenvalue weighted by atomic mass is 16.5. The molecule has 1 heterocycles. The van der Waals surface area contributed by atoms with Crippen LogP contribution in [0.1, 0.15) is 37.7 Å². The van der Waals surface area contributed by atoms with Gasteiger partial charge in [-0.2, -0.15) is 4.98 Å². The molecule has 1 aliphatic carbocycles. The molecule has 0 atom stereocenters. The zero-order chi connectivity index (χ0) is 23.0. The van der Waals surface area contributed by atoms with Crippen LogP contribution in [0.4, 0.5) is 11.8 Å². The number of hydrogen-bond donors (Lipinski definition) is 2. The summed E-state index contributed by atoms with van der Waals surface area (Å²) >= 11 is 0. The number of hydrogen-bond acceptors (Lipinski definition) is 6. The number of nitrogens with zero attached hydrogens (tertiary/aromatic N) is 3. The van der Waals surface area contributed by atoms with E-state index < -0.39 is 0 Å². The minimum atomic E-state index is 0.451. The maximum absolute atomic E-state index is 5.23. The average molecular weight is 448 g/mol. The molecule has 1 aromatic heterocycles. The summed E-state index contributed by atoms with van der Waals surface area (Å²) in [5.41, 5.74) is 2.36. The van der Waals surface area contributed by atoms with E-state index in [0.29, 0.717) is 6.04 Å². The van der Waals surface area contributed by atoms with Gasteiger partial charge in [0.2, 0.25) is 5.95 Å². The van der Waals surface area contributed by atoms with Crippen molar-refractivity contribution in [3.63, 3.8) is 0 Å². The first kappa shape index (κ1) is 23.3. The van der Waals surface area contributed by atoms with Crippen LogP contribution in [0.3, 0.4) is 0 Å². The van der Waals surface area contributed by atoms with Crippen molar-refractivity contribution in [1.29, 1.82) is 0 Å². The Labute approximate surface area is 197 Å². The minimum absolute atomic E-state index is 0.451. The van der Waals surface area contributed by atoms with Crippen molar-refractivity contribution >= 4 is 22.7 Å². The lowest BCUT2D eigenvalue weighted by molar-refractivity contribution is 0.324. The molecule has 0 saturated heterocycles. The first-order valence-corrected chi connectivity index (χ1v) is 12.2. The SMILES string of the molecule is COc1ccc(CCCNC[C@H]2CC[C@@H](Nc3nc(N(C)C)c4ccccc4n3)CC2)cc1. The van der Waals surface area contributed by atoms with Crippen molar-refractivity contribution in [2.24, 2.45) is 5.92 Å². The second kappa shape index (κ2) is 11.3. The van der Waals surface area contributed by atoms with Crippen molar-refractivity contribution < 1.29 is 4.74 Å². The first-order chi connectivity index (χ1) is 16.1. The molecule has 1 fully saturated rings. The zero-order valence-electron chi connectivity index (χ0n) is 20.2. The molecule has 0 amide bonds. The summed E-state index contributed by atoms with van der Waals surface area (Å²) < 4.78 is 5.23. The quantitative estimate of drug-likeness (QED) is 0.431. The molecule has 3 aromatic rings. The molecule has 0 radical (unpaired) electrons. The van der Waals surface area contributed by atoms with Crippen LogP contribution >= 0.6 is 0 Å². The van der Waals surface area contributed by atoms with Gasteiger partial charge in [0.25, 0.3) is 0 Å². The van der Waals surface area contributed by atoms with Crippen LogP contribution in [-0.2, 0) is 6.42 Å². The van der Waals surface area contributed by atoms with Gasteiger partial charge in [-0.15, -0.1) is 0 Å². The maximum atomic E-state index is 5.23. The van der Waals surface area contributed by atoms with E-state index in [-0.39, 0.29) is 0 Å². The Morgan fingerprint density at radius 3 is 2.45 bits per heavy atom. The average Bonchev–Trinajstić information content (AvgIpc) is 2.84. The molecule has 6 heteroatoms. The third-order valence-corrected chi connectivity index (χ3v) is 6.60. The smallest absolute Gasteiger partial charge is 0.225 e. The van der Waals surface area contributed by atoms with E-state index in [9.17, 15) is 0 Å². The monoisotopic (exact) mass is 447 g/mol. The Morgan fingerprint density at radius 2 is 1.73 bits per heavy atom. The molecule has 6 nitrogen and oxygen atoms in total. The van der Waals surface area contributed by atoms with Crippen molar-refractivity contribution in [1.82, 2.24) is 15.3 Å². The third kappa shape index (κ3) is 6.35. The molecule has 2 N–H and O–H groups in total. The normalized spacial score (nSPS) is 18.3. The van der Waals surface area contributed by atoms with Gasteiger partial charge in [0, 0.05) is 25.5 Å². The standard InChI is InChI=1S/C27H37N5O/c1-32(2)26-24-8-4-5-9-25(24)30-27(31-26)29-22-14-10-21(11-15-22)19-28-18-6-7-20-12-16-23(33-3)17-13-20/h4-5,8-9,12-13,16-17,21-22,28H,6-7,10-11,14-15,18-19H2,1-3H3,(H,29,30,31)/t21-,22+. The molecule has 33 heavy (non-hydrogen) atoms. The second-order valence-corrected chi connectivity index (χ2v) is 9.30. The number of methoxy groups -OCH3 is 1. The third-order valence-electron chi connectivity index (χ3n) is 6.60. The number of benzene rings is 2. The van der Waals surface area contributed by atoms with E-state index in [2.05, 4.69) is 39.8 Å². The Hall–Kier alpha value is -2.86. The van der Waals surface area contributed by atoms with Crippen LogP contribution in [0.25, 0.3) is 10.9 Å². The highest BCUT2D eigenvalue weighted by Gasteiger charge is 2.22. The van der Waals surface area contributed by atoms with Gasteiger partial charge in [-0.25, -0.2) is 4.98 Å². The maximum Gasteiger partial charge on any atom is 0.225 e. The number of anilines is 2. The fraction of sp³-hybridized carbons (Fsp3) is 0.481. The van der Waals surface area contributed by atoms with Gasteiger partial charge in [-0.3, -0.25) is 0 Å². The highest BCUT2D eigenvalue weighted by molar-refractivity contribution is 5.90. The predicted molar refractivity (Wildman–Crippen MR) is 137 cm³/mol. The number of fused-ring (bicyclic) bond motifs is 1. The van der Waals surface area contributed by atoms with Crippen LogP contribution in [0, 0.1) is 5.92 Å². The van der Waals surface area contributed by atoms with Crippen LogP contribution in [-0.4, -0.2) is 50.3 Å². The van der Waals surface area contributed by atoms with Crippen molar-refractivity contribution in [3.05, 3.63) is 54.1 Å². The Balaban J connectivity index is 1.18. The number of nitrogens with one attached hydrogen (secondary N) is 2. The topological polar surface area (TPSA) is 62.3 Å². The van der Waals surface area contributed by atoms with Gasteiger partial charge in [-0.05, 0) is 87.4 Å². The van der Waals surface area contributed by atoms with Crippen LogP contribution in [0.2, 0.25) is 0 Å². The fourth-order valence-electron chi connectivity index (χ4n) is 4.67. The molecule has 0 spiro atoms. The summed E-state index contributed by atoms with van der Waals surface area (Å²) in [7, 11) is 5.78. The lowest BCUT2D eigenvalue weighted by atomic mass is 9.86. The number of para-hydroxylation sites is 1. The summed E-state index contributed by atoms with van der Waals surface area (Å²) in [5, 5.41) is 8.38. The molecule has 1 saturated carbocycles. The fourth-order valence-corrected chi connectivity index (χ4v) is 4.67. The molecule has 2 aromatic carbocycles. The molecule has 176 valence electrons. The lowest BCUT2D eigenvalue weighted by Gasteiger charge is -2.29. The molecule has 4 rings (SSSR count). The van der Waals surface area contributed by atoms with Gasteiger partial charge >= 0.3 is 0 Å². The van der Waals surface area contributed by atoms with E-state index in [1.807, 2.05) is 38.4 Å². The number of aromatic nitrogens is 2. The molecule has 0 bridgehead atoms. The van der Waals surface area contributed by atoms with E-state index in [0.717, 1.165) is 60.3 Å². The van der Waals surface area contributed by atoms with Gasteiger partial charge in [0.15, 0.2) is 0 Å². The van der Waals surface area contributed by atoms with Crippen molar-refractivity contribution in [2.45, 2.75) is 44.6 Å². The van der Waals surface area contributed by atoms with Crippen molar-refractivity contribution in [2.75, 3.05) is 44.5 Å². The highest BCUT2D eigenvalue weighted by Crippen LogP contribution is 2.28. The Morgan fingerprint density at radius 1 is 0.970 bits per heavy atom. The zero-order valence-corrected chi connectivity index (χ0v) is 20.2. The van der Waals surface area contributed by atoms with E-state index >= 15 is 0 Å². The number of aryl methyl sites for hydroxylation is 1. The Kier molecular flexibility index (Phi) is 8.00. The molecule has 0 aliphatic heterocycles. The minimum Gasteiger partial charge on any atom is -0.497 e. The van der Waals surface area contributed by atoms with E-state index in [1.54, 1.807) is 7.11 Å². The largest absolute Gasteiger partial charge is 0.497 e. The van der Waals surface area contributed by atoms with Crippen LogP contribution in [0.15, 0.2) is 48.5 Å². The molecule has 1 aliphatic rings. The van der Waals surface area contributed by atoms with E-state index in [1.165, 1.54) is 31.2 Å². The van der Waals surface area contributed by atoms with Gasteiger partial charge < -0.3 is 20.3 Å². The van der Waals surface area contributed by atoms with E-state index in [4.69, 9.17) is 14.7 Å². The van der Waals surface area contributed by atoms with Crippen molar-refractivity contribution in [3.8, 4) is 5.75 Å². The van der Waals surface area contributed by atoms with Crippen LogP contribution < -0.4 is 20.3 Å². The number of rotatable bonds is 10. The molecule has 0 unspecified atom stereocenters. The predicted octanol–water partition coefficient (Wildman–Crippen LogP) is 4.90. The summed E-state index contributed by atoms with van der Waals surface area (Å²) in [6.45, 7) is 2.19. The van der Waals surface area contributed by atoms with Crippen LogP contribution in [0.5, 0.6) is 5.75 Å². The van der Waals surface area contributed by atoms with Gasteiger partial charge in [0.05, 0.1) is 12.6 Å². The lowest BCUT2D eigenvalue weighted by Crippen LogP contribution is -2.32. The summed E-state index contributed by atoms with van der Waals surface area (Å²) in [6, 6.07) is 17.1. The second-order valence-electron chi connectivity index (χ2n) is 9.30. The summed E-state index contributed by atoms with van der Waals surface area (Å²) in [6.07, 6.45) is 7.11. The molecular weight excluding hydrogens is 410 g/mol.